The van der Waals surface area contributed by atoms with E-state index in [1.54, 1.807) is 39.8 Å². The molecule has 18 nitrogen and oxygen atoms in total. The van der Waals surface area contributed by atoms with Gasteiger partial charge in [-0.25, -0.2) is 14.4 Å². The Labute approximate surface area is 556 Å². The molecule has 26 heteroatoms. The smallest absolute Gasteiger partial charge is 0.363 e. The predicted octanol–water partition coefficient (Wildman–Crippen LogP) is 13.6. The minimum atomic E-state index is -1.86. The van der Waals surface area contributed by atoms with Crippen LogP contribution in [0.3, 0.4) is 0 Å². The molecule has 6 aromatic rings. The van der Waals surface area contributed by atoms with Gasteiger partial charge in [-0.1, -0.05) is 146 Å². The zero-order chi connectivity index (χ0) is 65.9. The molecule has 2 aliphatic carbocycles. The molecule has 1 saturated heterocycles. The van der Waals surface area contributed by atoms with Crippen molar-refractivity contribution in [2.24, 2.45) is 5.73 Å². The first-order chi connectivity index (χ1) is 42.5. The Bertz CT molecular complexity index is 3850. The molecule has 0 radical (unpaired) electrons. The number of amides is 3. The van der Waals surface area contributed by atoms with Crippen molar-refractivity contribution in [1.29, 1.82) is 0 Å². The maximum Gasteiger partial charge on any atom is 0.363 e. The van der Waals surface area contributed by atoms with Crippen molar-refractivity contribution in [3.63, 3.8) is 0 Å². The van der Waals surface area contributed by atoms with Crippen LogP contribution in [0.2, 0.25) is 40.2 Å². The average Bonchev–Trinajstić information content (AvgIpc) is 1.27. The standard InChI is InChI=1S/C30H27Cl4NO6.C28H17Cl4NO8.C6H15NO/c1-29(2)21-17(12-19(31)25(37)23(21)33)30(18-13-20(32)26(38)24(34)22(18)29)16-11-14(7-8-15(16)28(40)41-30)27(39)35-9-5-3-4-6-10-36;1-27(2)19-13(8-15(29)23(36)21(19)31)28(14-9-16(30)24(37)22(32)20(14)27)12-7-10(3-4-11(12)26(39)40-28)25(38)41-33-17(34)5-6-18(33)35;7-5-3-1-2-4-6-8/h7-8,11-13,36-38H,3-6,9-10H2,1-2H3,(H,35,39);3-4,7-9,36-37H,5-6H2,1-2H3;8H,1-7H2. The highest BCUT2D eigenvalue weighted by atomic mass is 35.5. The van der Waals surface area contributed by atoms with Crippen molar-refractivity contribution in [2.75, 3.05) is 26.3 Å². The van der Waals surface area contributed by atoms with Gasteiger partial charge in [0, 0.05) is 82.4 Å². The third-order valence-electron chi connectivity index (χ3n) is 16.7. The van der Waals surface area contributed by atoms with E-state index in [0.29, 0.717) is 63.6 Å². The number of carbonyl (C=O) groups excluding carboxylic acids is 6. The van der Waals surface area contributed by atoms with Crippen LogP contribution >= 0.6 is 92.8 Å². The van der Waals surface area contributed by atoms with E-state index in [9.17, 15) is 49.2 Å². The fourth-order valence-electron chi connectivity index (χ4n) is 12.4. The number of imide groups is 1. The third-order valence-corrected chi connectivity index (χ3v) is 19.3. The summed E-state index contributed by atoms with van der Waals surface area (Å²) in [5.74, 6) is -5.69. The van der Waals surface area contributed by atoms with Crippen molar-refractivity contribution in [3.8, 4) is 23.0 Å². The summed E-state index contributed by atoms with van der Waals surface area (Å²) < 4.78 is 12.3. The molecule has 9 N–H and O–H groups in total. The number of hydroxylamine groups is 2. The molecule has 2 spiro atoms. The minimum Gasteiger partial charge on any atom is -0.505 e. The molecule has 1 fully saturated rings. The molecule has 476 valence electrons. The van der Waals surface area contributed by atoms with E-state index in [-0.39, 0.29) is 116 Å². The highest BCUT2D eigenvalue weighted by Crippen LogP contribution is 2.65. The van der Waals surface area contributed by atoms with Crippen LogP contribution in [0.1, 0.15) is 189 Å². The van der Waals surface area contributed by atoms with Gasteiger partial charge in [-0.2, -0.15) is 0 Å². The number of nitrogens with one attached hydrogen (secondary N) is 1. The van der Waals surface area contributed by atoms with Crippen LogP contribution in [0.4, 0.5) is 0 Å². The summed E-state index contributed by atoms with van der Waals surface area (Å²) in [4.78, 5) is 82.1. The number of phenolic OH excluding ortho intramolecular Hbond substituents is 4. The van der Waals surface area contributed by atoms with Crippen LogP contribution in [-0.4, -0.2) is 97.6 Å². The van der Waals surface area contributed by atoms with Crippen molar-refractivity contribution >= 4 is 128 Å². The molecule has 3 heterocycles. The lowest BCUT2D eigenvalue weighted by Gasteiger charge is -2.45. The van der Waals surface area contributed by atoms with Crippen LogP contribution in [0.25, 0.3) is 0 Å². The molecule has 11 rings (SSSR count). The number of aromatic hydroxyl groups is 4. The van der Waals surface area contributed by atoms with E-state index in [4.69, 9.17) is 123 Å². The quantitative estimate of drug-likeness (QED) is 0.0286. The first kappa shape index (κ1) is 68.1. The zero-order valence-corrected chi connectivity index (χ0v) is 54.6. The lowest BCUT2D eigenvalue weighted by molar-refractivity contribution is -0.172. The summed E-state index contributed by atoms with van der Waals surface area (Å²) in [6, 6.07) is 14.4. The number of unbranched alkanes of at least 4 members (excludes halogenated alkanes) is 6. The summed E-state index contributed by atoms with van der Waals surface area (Å²) in [7, 11) is 0. The number of nitrogens with zero attached hydrogens (tertiary/aromatic N) is 1. The highest BCUT2D eigenvalue weighted by molar-refractivity contribution is 6.40. The molecule has 3 aliphatic heterocycles. The molecular formula is C64H59Cl8N3O15. The van der Waals surface area contributed by atoms with Crippen LogP contribution < -0.4 is 11.1 Å². The van der Waals surface area contributed by atoms with Crippen LogP contribution in [0.15, 0.2) is 60.7 Å². The number of phenols is 4. The molecule has 6 aromatic carbocycles. The number of nitrogens with two attached hydrogens (primary N) is 1. The molecule has 5 aliphatic rings. The van der Waals surface area contributed by atoms with E-state index < -0.39 is 63.3 Å². The van der Waals surface area contributed by atoms with Gasteiger partial charge in [0.2, 0.25) is 0 Å². The number of aliphatic hydroxyl groups excluding tert-OH is 2. The molecule has 0 bridgehead atoms. The molecule has 3 amide bonds. The van der Waals surface area contributed by atoms with Gasteiger partial charge < -0.3 is 56.0 Å². The Morgan fingerprint density at radius 3 is 1.22 bits per heavy atom. The first-order valence-corrected chi connectivity index (χ1v) is 31.4. The minimum absolute atomic E-state index is 0.0621. The maximum atomic E-state index is 13.4. The van der Waals surface area contributed by atoms with Gasteiger partial charge in [0.25, 0.3) is 17.7 Å². The molecular weight excluding hydrogens is 1330 g/mol. The number of esters is 2. The molecule has 90 heavy (non-hydrogen) atoms. The van der Waals surface area contributed by atoms with Gasteiger partial charge >= 0.3 is 17.9 Å². The molecule has 0 saturated carbocycles. The topological polar surface area (TPSA) is 293 Å². The van der Waals surface area contributed by atoms with Gasteiger partial charge in [-0.05, 0) is 115 Å². The summed E-state index contributed by atoms with van der Waals surface area (Å²) in [6.45, 7) is 8.78. The number of ether oxygens (including phenoxy) is 2. The van der Waals surface area contributed by atoms with Gasteiger partial charge in [0.15, 0.2) is 34.2 Å². The second-order valence-corrected chi connectivity index (χ2v) is 26.1. The summed E-state index contributed by atoms with van der Waals surface area (Å²) >= 11 is 52.4. The maximum absolute atomic E-state index is 13.4. The van der Waals surface area contributed by atoms with E-state index in [0.717, 1.165) is 51.5 Å². The van der Waals surface area contributed by atoms with E-state index in [2.05, 4.69) is 5.32 Å². The lowest BCUT2D eigenvalue weighted by Crippen LogP contribution is -2.42. The van der Waals surface area contributed by atoms with Crippen molar-refractivity contribution in [3.05, 3.63) is 179 Å². The predicted molar refractivity (Wildman–Crippen MR) is 339 cm³/mol. The van der Waals surface area contributed by atoms with Crippen molar-refractivity contribution < 1.29 is 73.7 Å². The summed E-state index contributed by atoms with van der Waals surface area (Å²) in [5, 5.41) is 62.6. The third kappa shape index (κ3) is 11.4. The first-order valence-electron chi connectivity index (χ1n) is 28.4. The van der Waals surface area contributed by atoms with Gasteiger partial charge in [-0.3, -0.25) is 14.4 Å². The molecule has 0 atom stereocenters. The van der Waals surface area contributed by atoms with Crippen LogP contribution in [-0.2, 0) is 45.9 Å². The lowest BCUT2D eigenvalue weighted by atomic mass is 9.61. The number of fused-ring (bicyclic) bond motifs is 12. The number of benzene rings is 6. The number of halogens is 8. The summed E-state index contributed by atoms with van der Waals surface area (Å²) in [6.07, 6.45) is 7.32. The fourth-order valence-corrected chi connectivity index (χ4v) is 15.2. The Balaban J connectivity index is 0.000000190. The van der Waals surface area contributed by atoms with E-state index in [1.807, 2.05) is 0 Å². The number of hydrogen-bond donors (Lipinski definition) is 8. The van der Waals surface area contributed by atoms with Crippen molar-refractivity contribution in [2.45, 2.75) is 114 Å². The number of hydrogen-bond acceptors (Lipinski definition) is 16. The number of rotatable bonds is 14. The van der Waals surface area contributed by atoms with Gasteiger partial charge in [0.1, 0.15) is 0 Å². The Kier molecular flexibility index (Phi) is 20.0. The van der Waals surface area contributed by atoms with Crippen LogP contribution in [0, 0.1) is 0 Å². The van der Waals surface area contributed by atoms with Crippen molar-refractivity contribution in [1.82, 2.24) is 10.4 Å². The van der Waals surface area contributed by atoms with Gasteiger partial charge in [-0.15, -0.1) is 5.06 Å². The van der Waals surface area contributed by atoms with E-state index >= 15 is 0 Å². The van der Waals surface area contributed by atoms with Gasteiger partial charge in [0.05, 0.1) is 56.9 Å². The van der Waals surface area contributed by atoms with E-state index in [1.165, 1.54) is 48.5 Å². The highest BCUT2D eigenvalue weighted by Gasteiger charge is 2.60. The fraction of sp³-hybridized carbons (Fsp3) is 0.344. The normalized spacial score (nSPS) is 16.1. The largest absolute Gasteiger partial charge is 0.505 e. The Hall–Kier alpha value is -6.26. The number of carbonyl (C=O) groups is 6. The Morgan fingerprint density at radius 1 is 0.511 bits per heavy atom. The van der Waals surface area contributed by atoms with Crippen LogP contribution in [0.5, 0.6) is 23.0 Å². The number of aliphatic hydroxyl groups is 2. The molecule has 0 unspecified atom stereocenters. The molecule has 0 aromatic heterocycles. The SMILES string of the molecule is CC1(C)c2c(cc(Cl)c(O)c2Cl)C2(OC(=O)c3ccc(C(=O)NCCCCCCO)cc32)c2cc(Cl)c(O)c(Cl)c21.CC1(C)c2c(cc(Cl)c(O)c2Cl)C2(OC(=O)c3ccc(C(=O)ON4C(=O)CCC4=O)cc32)c2cc(Cl)c(O)c(Cl)c21.NCCCCCCO. The zero-order valence-electron chi connectivity index (χ0n) is 48.6. The Morgan fingerprint density at radius 2 is 0.856 bits per heavy atom. The average molecular weight is 1390 g/mol. The second-order valence-electron chi connectivity index (χ2n) is 23.0. The second kappa shape index (κ2) is 26.4. The monoisotopic (exact) mass is 1390 g/mol. The summed E-state index contributed by atoms with van der Waals surface area (Å²) in [5.41, 5.74) is 3.10.